The zero-order chi connectivity index (χ0) is 21.0. The lowest BCUT2D eigenvalue weighted by atomic mass is 10.0. The number of fused-ring (bicyclic) bond motifs is 2. The lowest BCUT2D eigenvalue weighted by Gasteiger charge is -2.19. The molecule has 1 aliphatic heterocycles. The number of methoxy groups -OCH3 is 1. The van der Waals surface area contributed by atoms with Crippen molar-refractivity contribution < 1.29 is 9.47 Å². The van der Waals surface area contributed by atoms with Crippen LogP contribution < -0.4 is 14.8 Å². The molecule has 0 unspecified atom stereocenters. The van der Waals surface area contributed by atoms with Crippen LogP contribution in [0.25, 0.3) is 10.9 Å². The van der Waals surface area contributed by atoms with E-state index in [-0.39, 0.29) is 0 Å². The Balaban J connectivity index is 1.40. The van der Waals surface area contributed by atoms with Crippen molar-refractivity contribution in [3.8, 4) is 11.5 Å². The predicted octanol–water partition coefficient (Wildman–Crippen LogP) is 5.20. The number of anilines is 1. The average Bonchev–Trinajstić information content (AvgIpc) is 3.53. The number of rotatable bonds is 9. The highest BCUT2D eigenvalue weighted by Crippen LogP contribution is 2.40. The summed E-state index contributed by atoms with van der Waals surface area (Å²) in [7, 11) is 1.74. The molecule has 3 aliphatic rings. The number of nitrogens with zero attached hydrogens (tertiary/aromatic N) is 2. The average molecular weight is 424 g/mol. The highest BCUT2D eigenvalue weighted by Gasteiger charge is 2.24. The van der Waals surface area contributed by atoms with Crippen LogP contribution in [0, 0.1) is 5.92 Å². The number of likely N-dealkylation sites (tertiary alicyclic amines) is 1. The van der Waals surface area contributed by atoms with Gasteiger partial charge in [0.1, 0.15) is 0 Å². The van der Waals surface area contributed by atoms with E-state index in [1.54, 1.807) is 7.11 Å². The van der Waals surface area contributed by atoms with E-state index in [9.17, 15) is 0 Å². The maximum Gasteiger partial charge on any atom is 0.163 e. The molecule has 2 aromatic rings. The zero-order valence-electron chi connectivity index (χ0n) is 19.0. The Morgan fingerprint density at radius 1 is 1.03 bits per heavy atom. The predicted molar refractivity (Wildman–Crippen MR) is 127 cm³/mol. The molecule has 2 fully saturated rings. The fourth-order valence-electron chi connectivity index (χ4n) is 5.13. The van der Waals surface area contributed by atoms with Crippen molar-refractivity contribution in [3.63, 3.8) is 0 Å². The van der Waals surface area contributed by atoms with E-state index in [1.165, 1.54) is 80.4 Å². The second kappa shape index (κ2) is 9.64. The fourth-order valence-corrected chi connectivity index (χ4v) is 5.13. The number of aromatic nitrogens is 1. The van der Waals surface area contributed by atoms with Crippen LogP contribution in [0.1, 0.15) is 62.6 Å². The Morgan fingerprint density at radius 2 is 1.87 bits per heavy atom. The molecule has 1 aromatic heterocycles. The fraction of sp³-hybridized carbons (Fsp3) is 0.654. The van der Waals surface area contributed by atoms with Crippen LogP contribution in [0.5, 0.6) is 11.5 Å². The first-order chi connectivity index (χ1) is 15.3. The van der Waals surface area contributed by atoms with Crippen molar-refractivity contribution in [2.75, 3.05) is 45.2 Å². The molecule has 5 nitrogen and oxygen atoms in total. The van der Waals surface area contributed by atoms with E-state index >= 15 is 0 Å². The van der Waals surface area contributed by atoms with Gasteiger partial charge in [-0.3, -0.25) is 4.98 Å². The minimum absolute atomic E-state index is 0.718. The van der Waals surface area contributed by atoms with Crippen molar-refractivity contribution in [1.29, 1.82) is 0 Å². The molecule has 1 aromatic carbocycles. The number of aryl methyl sites for hydroxylation is 1. The Kier molecular flexibility index (Phi) is 6.49. The molecular weight excluding hydrogens is 386 g/mol. The van der Waals surface area contributed by atoms with Gasteiger partial charge in [-0.1, -0.05) is 6.42 Å². The van der Waals surface area contributed by atoms with Crippen molar-refractivity contribution in [1.82, 2.24) is 9.88 Å². The molecule has 2 heterocycles. The first-order valence-electron chi connectivity index (χ1n) is 12.4. The lowest BCUT2D eigenvalue weighted by molar-refractivity contribution is 0.254. The van der Waals surface area contributed by atoms with Crippen LogP contribution in [-0.2, 0) is 12.8 Å². The molecule has 0 atom stereocenters. The highest BCUT2D eigenvalue weighted by atomic mass is 16.5. The maximum absolute atomic E-state index is 6.20. The van der Waals surface area contributed by atoms with Gasteiger partial charge in [0.05, 0.1) is 19.2 Å². The molecule has 168 valence electrons. The lowest BCUT2D eigenvalue weighted by Crippen LogP contribution is -2.21. The van der Waals surface area contributed by atoms with E-state index < -0.39 is 0 Å². The molecule has 1 N–H and O–H groups in total. The Labute approximate surface area is 186 Å². The van der Waals surface area contributed by atoms with E-state index in [2.05, 4.69) is 22.3 Å². The molecule has 2 aliphatic carbocycles. The maximum atomic E-state index is 6.20. The van der Waals surface area contributed by atoms with Crippen molar-refractivity contribution in [2.24, 2.45) is 5.92 Å². The first-order valence-corrected chi connectivity index (χ1v) is 12.4. The third-order valence-electron chi connectivity index (χ3n) is 7.14. The molecule has 5 heteroatoms. The summed E-state index contributed by atoms with van der Waals surface area (Å²) in [6.07, 6.45) is 12.4. The Bertz CT molecular complexity index is 903. The number of ether oxygens (including phenoxy) is 2. The van der Waals surface area contributed by atoms with E-state index in [0.717, 1.165) is 61.9 Å². The minimum atomic E-state index is 0.718. The molecule has 1 saturated heterocycles. The number of hydrogen-bond donors (Lipinski definition) is 1. The number of nitrogens with one attached hydrogen (secondary N) is 1. The van der Waals surface area contributed by atoms with E-state index in [4.69, 9.17) is 14.5 Å². The van der Waals surface area contributed by atoms with Gasteiger partial charge in [-0.05, 0) is 88.4 Å². The van der Waals surface area contributed by atoms with Crippen LogP contribution in [0.3, 0.4) is 0 Å². The normalized spacial score (nSPS) is 19.3. The monoisotopic (exact) mass is 423 g/mol. The summed E-state index contributed by atoms with van der Waals surface area (Å²) in [6, 6.07) is 4.26. The summed E-state index contributed by atoms with van der Waals surface area (Å²) in [5, 5.41) is 5.00. The molecular formula is C26H37N3O2. The number of pyridine rings is 1. The second-order valence-corrected chi connectivity index (χ2v) is 9.57. The van der Waals surface area contributed by atoms with Crippen LogP contribution in [-0.4, -0.2) is 49.8 Å². The van der Waals surface area contributed by atoms with E-state index in [1.807, 2.05) is 0 Å². The zero-order valence-corrected chi connectivity index (χ0v) is 19.0. The van der Waals surface area contributed by atoms with Gasteiger partial charge in [-0.2, -0.15) is 0 Å². The van der Waals surface area contributed by atoms with Gasteiger partial charge in [0.15, 0.2) is 11.5 Å². The summed E-state index contributed by atoms with van der Waals surface area (Å²) in [5.41, 5.74) is 5.06. The van der Waals surface area contributed by atoms with Gasteiger partial charge in [0.25, 0.3) is 0 Å². The summed E-state index contributed by atoms with van der Waals surface area (Å²) in [4.78, 5) is 7.66. The standard InChI is InChI=1S/C26H37N3O2/c1-30-24-16-21-23(17-25(24)31-15-7-14-29-12-5-6-13-29)28-22-9-4-2-3-8-20(22)26(21)27-18-19-10-11-19/h16-17,19H,2-15,18H2,1H3,(H,27,28). The third-order valence-corrected chi connectivity index (χ3v) is 7.14. The SMILES string of the molecule is COc1cc2c(NCC3CC3)c3c(nc2cc1OCCCN1CCCC1)CCCCC3. The smallest absolute Gasteiger partial charge is 0.163 e. The molecule has 1 saturated carbocycles. The largest absolute Gasteiger partial charge is 0.493 e. The van der Waals surface area contributed by atoms with E-state index in [0.29, 0.717) is 0 Å². The van der Waals surface area contributed by atoms with Gasteiger partial charge in [0, 0.05) is 35.9 Å². The number of benzene rings is 1. The van der Waals surface area contributed by atoms with Gasteiger partial charge in [-0.15, -0.1) is 0 Å². The first kappa shape index (κ1) is 20.9. The van der Waals surface area contributed by atoms with Crippen LogP contribution in [0.15, 0.2) is 12.1 Å². The Hall–Kier alpha value is -2.01. The molecule has 0 amide bonds. The van der Waals surface area contributed by atoms with Gasteiger partial charge < -0.3 is 19.7 Å². The summed E-state index contributed by atoms with van der Waals surface area (Å²) < 4.78 is 12.0. The van der Waals surface area contributed by atoms with Gasteiger partial charge in [0.2, 0.25) is 0 Å². The molecule has 5 rings (SSSR count). The van der Waals surface area contributed by atoms with Gasteiger partial charge in [-0.25, -0.2) is 0 Å². The summed E-state index contributed by atoms with van der Waals surface area (Å²) >= 11 is 0. The quantitative estimate of drug-likeness (QED) is 0.444. The van der Waals surface area contributed by atoms with Gasteiger partial charge >= 0.3 is 0 Å². The second-order valence-electron chi connectivity index (χ2n) is 9.57. The van der Waals surface area contributed by atoms with Crippen molar-refractivity contribution >= 4 is 16.6 Å². The van der Waals surface area contributed by atoms with Crippen LogP contribution in [0.2, 0.25) is 0 Å². The van der Waals surface area contributed by atoms with Crippen molar-refractivity contribution in [3.05, 3.63) is 23.4 Å². The van der Waals surface area contributed by atoms with Crippen LogP contribution in [0.4, 0.5) is 5.69 Å². The third kappa shape index (κ3) is 4.92. The molecule has 0 bridgehead atoms. The van der Waals surface area contributed by atoms with Crippen molar-refractivity contribution in [2.45, 2.75) is 64.2 Å². The molecule has 0 radical (unpaired) electrons. The highest BCUT2D eigenvalue weighted by molar-refractivity contribution is 5.95. The minimum Gasteiger partial charge on any atom is -0.493 e. The van der Waals surface area contributed by atoms with Crippen LogP contribution >= 0.6 is 0 Å². The number of hydrogen-bond acceptors (Lipinski definition) is 5. The summed E-state index contributed by atoms with van der Waals surface area (Å²) in [5.74, 6) is 2.48. The topological polar surface area (TPSA) is 46.6 Å². The summed E-state index contributed by atoms with van der Waals surface area (Å²) in [6.45, 7) is 5.39. The molecule has 0 spiro atoms. The molecule has 31 heavy (non-hydrogen) atoms. The Morgan fingerprint density at radius 3 is 2.68 bits per heavy atom.